The summed E-state index contributed by atoms with van der Waals surface area (Å²) in [6, 6.07) is -0.183. The molecule has 2 aliphatic heterocycles. The molecule has 0 aromatic carbocycles. The predicted octanol–water partition coefficient (Wildman–Crippen LogP) is 2.09. The lowest BCUT2D eigenvalue weighted by atomic mass is 9.94. The van der Waals surface area contributed by atoms with Gasteiger partial charge in [-0.3, -0.25) is 15.5 Å². The van der Waals surface area contributed by atoms with Gasteiger partial charge in [0.05, 0.1) is 12.2 Å². The van der Waals surface area contributed by atoms with E-state index in [2.05, 4.69) is 22.9 Å². The summed E-state index contributed by atoms with van der Waals surface area (Å²) in [4.78, 5) is 2.03. The summed E-state index contributed by atoms with van der Waals surface area (Å²) in [5.74, 6) is -0.160. The van der Waals surface area contributed by atoms with Gasteiger partial charge in [0, 0.05) is 24.7 Å². The maximum absolute atomic E-state index is 14.4. The van der Waals surface area contributed by atoms with Crippen molar-refractivity contribution >= 4 is 0 Å². The van der Waals surface area contributed by atoms with Crippen LogP contribution in [0.5, 0.6) is 0 Å². The molecule has 1 fully saturated rings. The van der Waals surface area contributed by atoms with Crippen molar-refractivity contribution in [3.63, 3.8) is 0 Å². The van der Waals surface area contributed by atoms with E-state index in [1.54, 1.807) is 6.08 Å². The second kappa shape index (κ2) is 8.94. The molecule has 0 bridgehead atoms. The van der Waals surface area contributed by atoms with Gasteiger partial charge in [0.15, 0.2) is 6.35 Å². The summed E-state index contributed by atoms with van der Waals surface area (Å²) < 4.78 is 14.4. The molecule has 4 atom stereocenters. The van der Waals surface area contributed by atoms with Crippen LogP contribution in [-0.4, -0.2) is 47.7 Å². The fourth-order valence-corrected chi connectivity index (χ4v) is 3.72. The summed E-state index contributed by atoms with van der Waals surface area (Å²) in [7, 11) is 0. The SMILES string of the molecule is CCCCC1NC=CC(C2=CC(NC(O)N3CCCC3)CC=C2F)N1. The molecule has 0 saturated carbocycles. The minimum absolute atomic E-state index is 0.0516. The first-order valence-electron chi connectivity index (χ1n) is 9.62. The number of hydrogen-bond acceptors (Lipinski definition) is 5. The quantitative estimate of drug-likeness (QED) is 0.530. The number of nitrogens with one attached hydrogen (secondary N) is 3. The average molecular weight is 350 g/mol. The van der Waals surface area contributed by atoms with E-state index in [-0.39, 0.29) is 24.1 Å². The molecule has 140 valence electrons. The van der Waals surface area contributed by atoms with Crippen molar-refractivity contribution in [1.29, 1.82) is 0 Å². The average Bonchev–Trinajstić information content (AvgIpc) is 3.16. The summed E-state index contributed by atoms with van der Waals surface area (Å²) in [5, 5.41) is 20.3. The molecular formula is C19H31FN4O. The lowest BCUT2D eigenvalue weighted by Crippen LogP contribution is -2.51. The molecule has 0 amide bonds. The lowest BCUT2D eigenvalue weighted by molar-refractivity contribution is -0.0122. The summed E-state index contributed by atoms with van der Waals surface area (Å²) in [6.07, 6.45) is 13.1. The Balaban J connectivity index is 1.62. The van der Waals surface area contributed by atoms with Crippen LogP contribution in [0.25, 0.3) is 0 Å². The van der Waals surface area contributed by atoms with Crippen molar-refractivity contribution in [3.05, 3.63) is 35.8 Å². The van der Waals surface area contributed by atoms with Crippen molar-refractivity contribution in [2.75, 3.05) is 13.1 Å². The standard InChI is InChI=1S/C19H31FN4O/c1-2-3-6-18-21-10-9-17(23-18)15-13-14(7-8-16(15)20)22-19(25)24-11-4-5-12-24/h8-10,13-14,17-19,21-23,25H,2-7,11-12H2,1H3. The Kier molecular flexibility index (Phi) is 6.64. The minimum Gasteiger partial charge on any atom is -0.376 e. The van der Waals surface area contributed by atoms with E-state index in [1.807, 2.05) is 23.3 Å². The van der Waals surface area contributed by atoms with Crippen LogP contribution in [0, 0.1) is 0 Å². The molecule has 5 nitrogen and oxygen atoms in total. The molecular weight excluding hydrogens is 319 g/mol. The van der Waals surface area contributed by atoms with Crippen LogP contribution in [0.1, 0.15) is 45.4 Å². The first kappa shape index (κ1) is 18.6. The van der Waals surface area contributed by atoms with E-state index >= 15 is 0 Å². The smallest absolute Gasteiger partial charge is 0.163 e. The fraction of sp³-hybridized carbons (Fsp3) is 0.684. The maximum Gasteiger partial charge on any atom is 0.163 e. The highest BCUT2D eigenvalue weighted by Crippen LogP contribution is 2.25. The highest BCUT2D eigenvalue weighted by Gasteiger charge is 2.27. The van der Waals surface area contributed by atoms with Crippen LogP contribution in [0.2, 0.25) is 0 Å². The van der Waals surface area contributed by atoms with Crippen molar-refractivity contribution in [2.45, 2.75) is 70.0 Å². The van der Waals surface area contributed by atoms with Gasteiger partial charge in [-0.1, -0.05) is 25.8 Å². The number of unbranched alkanes of at least 4 members (excludes halogenated alkanes) is 1. The second-order valence-corrected chi connectivity index (χ2v) is 7.16. The molecule has 25 heavy (non-hydrogen) atoms. The third-order valence-corrected chi connectivity index (χ3v) is 5.21. The van der Waals surface area contributed by atoms with Crippen molar-refractivity contribution in [2.24, 2.45) is 0 Å². The third kappa shape index (κ3) is 4.91. The van der Waals surface area contributed by atoms with Gasteiger partial charge < -0.3 is 10.4 Å². The molecule has 1 aliphatic carbocycles. The number of halogens is 1. The van der Waals surface area contributed by atoms with Crippen LogP contribution in [-0.2, 0) is 0 Å². The number of hydrogen-bond donors (Lipinski definition) is 4. The Morgan fingerprint density at radius 1 is 1.40 bits per heavy atom. The molecule has 4 N–H and O–H groups in total. The largest absolute Gasteiger partial charge is 0.376 e. The van der Waals surface area contributed by atoms with E-state index in [4.69, 9.17) is 0 Å². The number of nitrogens with zero attached hydrogens (tertiary/aromatic N) is 1. The molecule has 1 saturated heterocycles. The molecule has 0 aromatic rings. The normalized spacial score (nSPS) is 31.4. The van der Waals surface area contributed by atoms with Crippen LogP contribution >= 0.6 is 0 Å². The highest BCUT2D eigenvalue weighted by atomic mass is 19.1. The van der Waals surface area contributed by atoms with Gasteiger partial charge in [-0.15, -0.1) is 0 Å². The van der Waals surface area contributed by atoms with Crippen LogP contribution in [0.4, 0.5) is 4.39 Å². The highest BCUT2D eigenvalue weighted by molar-refractivity contribution is 5.39. The molecule has 3 rings (SSSR count). The number of rotatable bonds is 7. The Labute approximate surface area is 150 Å². The van der Waals surface area contributed by atoms with Gasteiger partial charge in [0.2, 0.25) is 0 Å². The first-order valence-corrected chi connectivity index (χ1v) is 9.62. The fourth-order valence-electron chi connectivity index (χ4n) is 3.72. The molecule has 0 aromatic heterocycles. The second-order valence-electron chi connectivity index (χ2n) is 7.16. The van der Waals surface area contributed by atoms with Gasteiger partial charge in [-0.2, -0.15) is 0 Å². The van der Waals surface area contributed by atoms with Gasteiger partial charge in [-0.05, 0) is 44.0 Å². The van der Waals surface area contributed by atoms with E-state index in [0.717, 1.165) is 45.2 Å². The summed E-state index contributed by atoms with van der Waals surface area (Å²) >= 11 is 0. The molecule has 0 spiro atoms. The minimum atomic E-state index is -0.659. The topological polar surface area (TPSA) is 59.6 Å². The predicted molar refractivity (Wildman–Crippen MR) is 98.1 cm³/mol. The zero-order valence-corrected chi connectivity index (χ0v) is 15.0. The molecule has 0 radical (unpaired) electrons. The van der Waals surface area contributed by atoms with E-state index in [0.29, 0.717) is 12.0 Å². The van der Waals surface area contributed by atoms with Crippen molar-refractivity contribution in [3.8, 4) is 0 Å². The Bertz CT molecular complexity index is 528. The van der Waals surface area contributed by atoms with E-state index in [9.17, 15) is 9.50 Å². The van der Waals surface area contributed by atoms with Crippen LogP contribution in [0.15, 0.2) is 35.8 Å². The van der Waals surface area contributed by atoms with Crippen molar-refractivity contribution in [1.82, 2.24) is 20.9 Å². The summed E-state index contributed by atoms with van der Waals surface area (Å²) in [6.45, 7) is 4.00. The molecule has 4 unspecified atom stereocenters. The van der Waals surface area contributed by atoms with Crippen LogP contribution < -0.4 is 16.0 Å². The number of aliphatic hydroxyl groups is 1. The van der Waals surface area contributed by atoms with Gasteiger partial charge in [0.25, 0.3) is 0 Å². The maximum atomic E-state index is 14.4. The third-order valence-electron chi connectivity index (χ3n) is 5.21. The molecule has 6 heteroatoms. The Morgan fingerprint density at radius 2 is 2.20 bits per heavy atom. The van der Waals surface area contributed by atoms with Crippen LogP contribution in [0.3, 0.4) is 0 Å². The molecule has 3 aliphatic rings. The van der Waals surface area contributed by atoms with Gasteiger partial charge in [-0.25, -0.2) is 4.39 Å². The number of likely N-dealkylation sites (tertiary alicyclic amines) is 1. The van der Waals surface area contributed by atoms with Crippen molar-refractivity contribution < 1.29 is 9.50 Å². The Morgan fingerprint density at radius 3 is 2.96 bits per heavy atom. The van der Waals surface area contributed by atoms with E-state index < -0.39 is 6.35 Å². The summed E-state index contributed by atoms with van der Waals surface area (Å²) in [5.41, 5.74) is 0.664. The van der Waals surface area contributed by atoms with E-state index in [1.165, 1.54) is 0 Å². The zero-order valence-electron chi connectivity index (χ0n) is 15.0. The van der Waals surface area contributed by atoms with Gasteiger partial charge >= 0.3 is 0 Å². The zero-order chi connectivity index (χ0) is 17.6. The monoisotopic (exact) mass is 350 g/mol. The lowest BCUT2D eigenvalue weighted by Gasteiger charge is -2.32. The Hall–Kier alpha value is -1.21. The van der Waals surface area contributed by atoms with Gasteiger partial charge in [0.1, 0.15) is 5.83 Å². The molecule has 2 heterocycles. The number of aliphatic hydroxyl groups excluding tert-OH is 1. The first-order chi connectivity index (χ1) is 12.2.